The van der Waals surface area contributed by atoms with Crippen LogP contribution in [0.2, 0.25) is 0 Å². The lowest BCUT2D eigenvalue weighted by Crippen LogP contribution is -2.26. The minimum absolute atomic E-state index is 0.151. The molecule has 0 N–H and O–H groups in total. The predicted molar refractivity (Wildman–Crippen MR) is 45.0 cm³/mol. The van der Waals surface area contributed by atoms with E-state index in [0.29, 0.717) is 11.8 Å². The van der Waals surface area contributed by atoms with Gasteiger partial charge in [0.1, 0.15) is 6.67 Å². The smallest absolute Gasteiger partial charge is 0.179 e. The van der Waals surface area contributed by atoms with E-state index in [9.17, 15) is 4.39 Å². The van der Waals surface area contributed by atoms with E-state index in [2.05, 4.69) is 13.8 Å². The Morgan fingerprint density at radius 1 is 1.67 bits per heavy atom. The first kappa shape index (κ1) is 9.31. The van der Waals surface area contributed by atoms with E-state index in [0.717, 1.165) is 13.0 Å². The van der Waals surface area contributed by atoms with Gasteiger partial charge in [0, 0.05) is 6.54 Å². The summed E-state index contributed by atoms with van der Waals surface area (Å²) in [5.74, 6) is 1.04. The van der Waals surface area contributed by atoms with Gasteiger partial charge < -0.3 is 4.90 Å². The number of nitrogens with zero attached hydrogens (tertiary/aromatic N) is 2. The first-order valence-corrected chi connectivity index (χ1v) is 4.41. The molecule has 1 saturated heterocycles. The molecule has 1 rings (SSSR count). The van der Waals surface area contributed by atoms with Gasteiger partial charge in [-0.05, 0) is 18.3 Å². The summed E-state index contributed by atoms with van der Waals surface area (Å²) >= 11 is 0. The lowest BCUT2D eigenvalue weighted by molar-refractivity contribution is 0.290. The Kier molecular flexibility index (Phi) is 2.91. The van der Waals surface area contributed by atoms with Gasteiger partial charge in [0.05, 0.1) is 6.04 Å². The minimum atomic E-state index is -0.392. The van der Waals surface area contributed by atoms with Gasteiger partial charge in [-0.25, -0.2) is 4.39 Å². The molecule has 0 saturated carbocycles. The fourth-order valence-corrected chi connectivity index (χ4v) is 1.70. The van der Waals surface area contributed by atoms with Crippen LogP contribution in [-0.2, 0) is 0 Å². The van der Waals surface area contributed by atoms with Crippen LogP contribution in [-0.4, -0.2) is 24.2 Å². The van der Waals surface area contributed by atoms with Crippen LogP contribution in [0.1, 0.15) is 20.3 Å². The van der Waals surface area contributed by atoms with Gasteiger partial charge in [-0.2, -0.15) is 5.26 Å². The molecule has 3 heteroatoms. The Bertz CT molecular complexity index is 185. The number of hydrogen-bond donors (Lipinski definition) is 0. The Balaban J connectivity index is 2.54. The van der Waals surface area contributed by atoms with Crippen molar-refractivity contribution in [2.75, 3.05) is 13.2 Å². The molecule has 2 atom stereocenters. The molecule has 1 aliphatic rings. The molecule has 0 bridgehead atoms. The van der Waals surface area contributed by atoms with Gasteiger partial charge in [0.15, 0.2) is 6.19 Å². The van der Waals surface area contributed by atoms with Crippen LogP contribution in [0.4, 0.5) is 4.39 Å². The minimum Gasteiger partial charge on any atom is -0.305 e. The molecule has 0 aromatic rings. The second-order valence-electron chi connectivity index (χ2n) is 3.80. The summed E-state index contributed by atoms with van der Waals surface area (Å²) in [6.45, 7) is 4.60. The first-order chi connectivity index (χ1) is 5.69. The number of halogens is 1. The lowest BCUT2D eigenvalue weighted by atomic mass is 9.94. The quantitative estimate of drug-likeness (QED) is 0.591. The van der Waals surface area contributed by atoms with Crippen LogP contribution in [0.15, 0.2) is 0 Å². The Morgan fingerprint density at radius 3 is 2.67 bits per heavy atom. The van der Waals surface area contributed by atoms with Gasteiger partial charge in [-0.3, -0.25) is 0 Å². The van der Waals surface area contributed by atoms with Gasteiger partial charge in [-0.15, -0.1) is 0 Å². The van der Waals surface area contributed by atoms with E-state index in [1.54, 1.807) is 4.90 Å². The van der Waals surface area contributed by atoms with Crippen LogP contribution in [0.25, 0.3) is 0 Å². The van der Waals surface area contributed by atoms with Gasteiger partial charge in [0.2, 0.25) is 0 Å². The zero-order chi connectivity index (χ0) is 9.14. The Hall–Kier alpha value is -0.780. The van der Waals surface area contributed by atoms with Crippen LogP contribution in [0, 0.1) is 23.3 Å². The molecule has 1 fully saturated rings. The summed E-state index contributed by atoms with van der Waals surface area (Å²) in [4.78, 5) is 1.57. The Morgan fingerprint density at radius 2 is 2.33 bits per heavy atom. The van der Waals surface area contributed by atoms with E-state index in [1.807, 2.05) is 6.19 Å². The van der Waals surface area contributed by atoms with Crippen LogP contribution < -0.4 is 0 Å². The molecule has 1 heterocycles. The SMILES string of the molecule is CC(C)C1CC(CF)N(C#N)C1. The van der Waals surface area contributed by atoms with E-state index in [1.165, 1.54) is 0 Å². The van der Waals surface area contributed by atoms with Crippen LogP contribution in [0.5, 0.6) is 0 Å². The standard InChI is InChI=1S/C9H15FN2/c1-7(2)8-3-9(4-10)12(5-8)6-11/h7-9H,3-5H2,1-2H3. The van der Waals surface area contributed by atoms with Crippen molar-refractivity contribution in [3.05, 3.63) is 0 Å². The van der Waals surface area contributed by atoms with Gasteiger partial charge in [-0.1, -0.05) is 13.8 Å². The third-order valence-electron chi connectivity index (χ3n) is 2.70. The third kappa shape index (κ3) is 1.69. The molecule has 0 aliphatic carbocycles. The maximum absolute atomic E-state index is 12.4. The number of hydrogen-bond acceptors (Lipinski definition) is 2. The first-order valence-electron chi connectivity index (χ1n) is 4.41. The molecular formula is C9H15FN2. The van der Waals surface area contributed by atoms with Crippen molar-refractivity contribution in [3.8, 4) is 6.19 Å². The molecule has 68 valence electrons. The molecular weight excluding hydrogens is 155 g/mol. The zero-order valence-electron chi connectivity index (χ0n) is 7.63. The summed E-state index contributed by atoms with van der Waals surface area (Å²) in [7, 11) is 0. The fraction of sp³-hybridized carbons (Fsp3) is 0.889. The van der Waals surface area contributed by atoms with Crippen LogP contribution >= 0.6 is 0 Å². The largest absolute Gasteiger partial charge is 0.305 e. The molecule has 2 nitrogen and oxygen atoms in total. The molecule has 1 aliphatic heterocycles. The second-order valence-corrected chi connectivity index (χ2v) is 3.80. The average molecular weight is 170 g/mol. The number of nitriles is 1. The summed E-state index contributed by atoms with van der Waals surface area (Å²) in [5, 5.41) is 8.68. The second kappa shape index (κ2) is 3.75. The van der Waals surface area contributed by atoms with Crippen molar-refractivity contribution in [1.82, 2.24) is 4.90 Å². The predicted octanol–water partition coefficient (Wildman–Crippen LogP) is 1.78. The average Bonchev–Trinajstić information content (AvgIpc) is 2.46. The Labute approximate surface area is 73.0 Å². The maximum Gasteiger partial charge on any atom is 0.179 e. The van der Waals surface area contributed by atoms with Crippen molar-refractivity contribution < 1.29 is 4.39 Å². The zero-order valence-corrected chi connectivity index (χ0v) is 7.63. The van der Waals surface area contributed by atoms with Crippen molar-refractivity contribution in [2.24, 2.45) is 11.8 Å². The van der Waals surface area contributed by atoms with Crippen molar-refractivity contribution in [2.45, 2.75) is 26.3 Å². The summed E-state index contributed by atoms with van der Waals surface area (Å²) in [5.41, 5.74) is 0. The molecule has 0 radical (unpaired) electrons. The summed E-state index contributed by atoms with van der Waals surface area (Å²) < 4.78 is 12.4. The number of alkyl halides is 1. The topological polar surface area (TPSA) is 27.0 Å². The summed E-state index contributed by atoms with van der Waals surface area (Å²) in [6.07, 6.45) is 2.88. The molecule has 0 aromatic heterocycles. The van der Waals surface area contributed by atoms with Crippen molar-refractivity contribution in [1.29, 1.82) is 5.26 Å². The van der Waals surface area contributed by atoms with E-state index in [4.69, 9.17) is 5.26 Å². The molecule has 2 unspecified atom stereocenters. The highest BCUT2D eigenvalue weighted by molar-refractivity contribution is 4.92. The molecule has 0 aromatic carbocycles. The number of rotatable bonds is 2. The maximum atomic E-state index is 12.4. The highest BCUT2D eigenvalue weighted by Gasteiger charge is 2.32. The van der Waals surface area contributed by atoms with Crippen LogP contribution in [0.3, 0.4) is 0 Å². The fourth-order valence-electron chi connectivity index (χ4n) is 1.70. The van der Waals surface area contributed by atoms with E-state index < -0.39 is 6.67 Å². The monoisotopic (exact) mass is 170 g/mol. The van der Waals surface area contributed by atoms with Gasteiger partial charge in [0.25, 0.3) is 0 Å². The number of likely N-dealkylation sites (tertiary alicyclic amines) is 1. The highest BCUT2D eigenvalue weighted by atomic mass is 19.1. The molecule has 12 heavy (non-hydrogen) atoms. The van der Waals surface area contributed by atoms with Crippen molar-refractivity contribution >= 4 is 0 Å². The van der Waals surface area contributed by atoms with Crippen molar-refractivity contribution in [3.63, 3.8) is 0 Å². The lowest BCUT2D eigenvalue weighted by Gasteiger charge is -2.13. The van der Waals surface area contributed by atoms with E-state index >= 15 is 0 Å². The normalized spacial score (nSPS) is 29.4. The highest BCUT2D eigenvalue weighted by Crippen LogP contribution is 2.28. The van der Waals surface area contributed by atoms with Gasteiger partial charge >= 0.3 is 0 Å². The van der Waals surface area contributed by atoms with E-state index in [-0.39, 0.29) is 6.04 Å². The third-order valence-corrected chi connectivity index (χ3v) is 2.70. The molecule has 0 spiro atoms. The summed E-state index contributed by atoms with van der Waals surface area (Å²) in [6, 6.07) is -0.151. The molecule has 0 amide bonds.